The Morgan fingerprint density at radius 1 is 1.53 bits per heavy atom. The molecule has 1 atom stereocenters. The molecule has 2 rings (SSSR count). The number of rotatable bonds is 4. The minimum absolute atomic E-state index is 0.0805. The van der Waals surface area contributed by atoms with E-state index in [0.29, 0.717) is 13.0 Å². The number of sulfone groups is 1. The summed E-state index contributed by atoms with van der Waals surface area (Å²) < 4.78 is 24.5. The molecule has 1 aromatic rings. The fourth-order valence-corrected chi connectivity index (χ4v) is 4.04. The van der Waals surface area contributed by atoms with Crippen molar-refractivity contribution in [3.05, 3.63) is 18.7 Å². The summed E-state index contributed by atoms with van der Waals surface area (Å²) in [5.74, 6) is 0.259. The van der Waals surface area contributed by atoms with Crippen molar-refractivity contribution in [2.24, 2.45) is 0 Å². The van der Waals surface area contributed by atoms with Gasteiger partial charge in [-0.3, -0.25) is 4.57 Å². The molecule has 6 nitrogen and oxygen atoms in total. The minimum atomic E-state index is -2.99. The molecule has 0 bridgehead atoms. The van der Waals surface area contributed by atoms with Crippen molar-refractivity contribution >= 4 is 15.9 Å². The van der Waals surface area contributed by atoms with Gasteiger partial charge in [0.1, 0.15) is 6.33 Å². The summed E-state index contributed by atoms with van der Waals surface area (Å²) in [6.07, 6.45) is 6.95. The van der Waals surface area contributed by atoms with Gasteiger partial charge in [0.15, 0.2) is 9.84 Å². The van der Waals surface area contributed by atoms with Crippen molar-refractivity contribution in [2.75, 3.05) is 18.1 Å². The first kappa shape index (κ1) is 14.0. The van der Waals surface area contributed by atoms with Crippen molar-refractivity contribution < 1.29 is 13.2 Å². The quantitative estimate of drug-likeness (QED) is 0.831. The Morgan fingerprint density at radius 3 is 2.84 bits per heavy atom. The van der Waals surface area contributed by atoms with E-state index in [1.807, 2.05) is 6.92 Å². The summed E-state index contributed by atoms with van der Waals surface area (Å²) in [7, 11) is -2.99. The Labute approximate surface area is 113 Å². The molecule has 1 aromatic heterocycles. The van der Waals surface area contributed by atoms with Gasteiger partial charge < -0.3 is 4.90 Å². The predicted octanol–water partition coefficient (Wildman–Crippen LogP) is 1.14. The lowest BCUT2D eigenvalue weighted by Gasteiger charge is -2.28. The molecule has 106 valence electrons. The number of imidazole rings is 1. The van der Waals surface area contributed by atoms with Crippen LogP contribution in [0.5, 0.6) is 0 Å². The van der Waals surface area contributed by atoms with Crippen molar-refractivity contribution in [2.45, 2.75) is 32.2 Å². The topological polar surface area (TPSA) is 72.3 Å². The number of nitrogens with zero attached hydrogens (tertiary/aromatic N) is 3. The largest absolute Gasteiger partial charge is 0.329 e. The Hall–Kier alpha value is -1.37. The summed E-state index contributed by atoms with van der Waals surface area (Å²) >= 11 is 0. The molecule has 7 heteroatoms. The molecule has 1 aliphatic heterocycles. The molecule has 1 fully saturated rings. The van der Waals surface area contributed by atoms with Crippen LogP contribution in [0.4, 0.5) is 4.79 Å². The summed E-state index contributed by atoms with van der Waals surface area (Å²) in [5, 5.41) is 0. The van der Waals surface area contributed by atoms with Crippen LogP contribution in [-0.2, 0) is 9.84 Å². The zero-order valence-corrected chi connectivity index (χ0v) is 11.8. The highest BCUT2D eigenvalue weighted by Gasteiger charge is 2.34. The zero-order chi connectivity index (χ0) is 13.9. The van der Waals surface area contributed by atoms with Crippen LogP contribution in [0.2, 0.25) is 0 Å². The highest BCUT2D eigenvalue weighted by atomic mass is 32.2. The predicted molar refractivity (Wildman–Crippen MR) is 71.7 cm³/mol. The van der Waals surface area contributed by atoms with Gasteiger partial charge in [0.2, 0.25) is 0 Å². The SMILES string of the molecule is CCCCN(C(=O)n1ccnc1)C1CCS(=O)(=O)C1. The smallest absolute Gasteiger partial charge is 0.320 e. The second-order valence-electron chi connectivity index (χ2n) is 4.86. The monoisotopic (exact) mass is 285 g/mol. The van der Waals surface area contributed by atoms with Crippen LogP contribution in [0.1, 0.15) is 26.2 Å². The number of hydrogen-bond donors (Lipinski definition) is 0. The van der Waals surface area contributed by atoms with Gasteiger partial charge in [-0.25, -0.2) is 18.2 Å². The molecule has 2 heterocycles. The van der Waals surface area contributed by atoms with E-state index in [2.05, 4.69) is 4.98 Å². The highest BCUT2D eigenvalue weighted by molar-refractivity contribution is 7.91. The average molecular weight is 285 g/mol. The van der Waals surface area contributed by atoms with E-state index in [1.54, 1.807) is 17.3 Å². The van der Waals surface area contributed by atoms with Gasteiger partial charge in [0, 0.05) is 25.0 Å². The summed E-state index contributed by atoms with van der Waals surface area (Å²) in [4.78, 5) is 17.9. The standard InChI is InChI=1S/C12H19N3O3S/c1-2-3-6-15(11-4-8-19(17,18)9-11)12(16)14-7-5-13-10-14/h5,7,10-11H,2-4,6,8-9H2,1H3. The third-order valence-corrected chi connectivity index (χ3v) is 5.12. The Kier molecular flexibility index (Phi) is 4.24. The Balaban J connectivity index is 2.14. The molecule has 1 aliphatic rings. The van der Waals surface area contributed by atoms with Crippen LogP contribution in [0.15, 0.2) is 18.7 Å². The Morgan fingerprint density at radius 2 is 2.32 bits per heavy atom. The van der Waals surface area contributed by atoms with Gasteiger partial charge in [0.05, 0.1) is 11.5 Å². The number of amides is 1. The fraction of sp³-hybridized carbons (Fsp3) is 0.667. The molecule has 0 aliphatic carbocycles. The fourth-order valence-electron chi connectivity index (χ4n) is 2.30. The lowest BCUT2D eigenvalue weighted by atomic mass is 10.2. The maximum atomic E-state index is 12.4. The molecular weight excluding hydrogens is 266 g/mol. The summed E-state index contributed by atoms with van der Waals surface area (Å²) in [6, 6.07) is -0.389. The molecule has 0 radical (unpaired) electrons. The molecule has 19 heavy (non-hydrogen) atoms. The maximum Gasteiger partial charge on any atom is 0.329 e. The van der Waals surface area contributed by atoms with Gasteiger partial charge >= 0.3 is 6.03 Å². The van der Waals surface area contributed by atoms with Gasteiger partial charge in [-0.15, -0.1) is 0 Å². The zero-order valence-electron chi connectivity index (χ0n) is 11.0. The van der Waals surface area contributed by atoms with E-state index >= 15 is 0 Å². The van der Waals surface area contributed by atoms with Crippen LogP contribution in [0.25, 0.3) is 0 Å². The molecule has 1 unspecified atom stereocenters. The summed E-state index contributed by atoms with van der Waals surface area (Å²) in [6.45, 7) is 2.64. The van der Waals surface area contributed by atoms with Crippen LogP contribution < -0.4 is 0 Å². The van der Waals surface area contributed by atoms with Crippen LogP contribution in [0.3, 0.4) is 0 Å². The summed E-state index contributed by atoms with van der Waals surface area (Å²) in [5.41, 5.74) is 0. The van der Waals surface area contributed by atoms with Crippen molar-refractivity contribution in [3.8, 4) is 0 Å². The number of carbonyl (C=O) groups is 1. The van der Waals surface area contributed by atoms with E-state index in [1.165, 1.54) is 10.9 Å². The van der Waals surface area contributed by atoms with Gasteiger partial charge in [0.25, 0.3) is 0 Å². The molecule has 0 aromatic carbocycles. The van der Waals surface area contributed by atoms with Crippen LogP contribution in [0, 0.1) is 0 Å². The minimum Gasteiger partial charge on any atom is -0.320 e. The van der Waals surface area contributed by atoms with E-state index in [-0.39, 0.29) is 23.6 Å². The number of aromatic nitrogens is 2. The maximum absolute atomic E-state index is 12.4. The van der Waals surface area contributed by atoms with Gasteiger partial charge in [-0.1, -0.05) is 13.3 Å². The molecule has 1 amide bonds. The highest BCUT2D eigenvalue weighted by Crippen LogP contribution is 2.19. The third-order valence-electron chi connectivity index (χ3n) is 3.37. The van der Waals surface area contributed by atoms with Crippen molar-refractivity contribution in [1.82, 2.24) is 14.5 Å². The van der Waals surface area contributed by atoms with Crippen LogP contribution in [-0.4, -0.2) is 53.0 Å². The van der Waals surface area contributed by atoms with E-state index in [0.717, 1.165) is 12.8 Å². The number of carbonyl (C=O) groups excluding carboxylic acids is 1. The third kappa shape index (κ3) is 3.34. The van der Waals surface area contributed by atoms with E-state index < -0.39 is 9.84 Å². The van der Waals surface area contributed by atoms with E-state index in [9.17, 15) is 13.2 Å². The first-order valence-electron chi connectivity index (χ1n) is 6.53. The lowest BCUT2D eigenvalue weighted by molar-refractivity contribution is 0.180. The first-order chi connectivity index (χ1) is 9.03. The Bertz CT molecular complexity index is 524. The second-order valence-corrected chi connectivity index (χ2v) is 7.09. The second kappa shape index (κ2) is 5.73. The van der Waals surface area contributed by atoms with Crippen LogP contribution >= 0.6 is 0 Å². The molecular formula is C12H19N3O3S. The van der Waals surface area contributed by atoms with Gasteiger partial charge in [-0.2, -0.15) is 0 Å². The number of unbranched alkanes of at least 4 members (excludes halogenated alkanes) is 1. The van der Waals surface area contributed by atoms with Gasteiger partial charge in [-0.05, 0) is 12.8 Å². The molecule has 0 spiro atoms. The first-order valence-corrected chi connectivity index (χ1v) is 8.35. The number of hydrogen-bond acceptors (Lipinski definition) is 4. The lowest BCUT2D eigenvalue weighted by Crippen LogP contribution is -2.43. The normalized spacial score (nSPS) is 21.4. The van der Waals surface area contributed by atoms with Crippen molar-refractivity contribution in [1.29, 1.82) is 0 Å². The molecule has 0 saturated carbocycles. The molecule has 1 saturated heterocycles. The van der Waals surface area contributed by atoms with E-state index in [4.69, 9.17) is 0 Å². The van der Waals surface area contributed by atoms with Crippen molar-refractivity contribution in [3.63, 3.8) is 0 Å². The average Bonchev–Trinajstić information content (AvgIpc) is 2.99. The molecule has 0 N–H and O–H groups in total.